The maximum absolute atomic E-state index is 12.9. The molecule has 0 aliphatic carbocycles. The average molecular weight is 220 g/mol. The minimum absolute atomic E-state index is 0.521. The van der Waals surface area contributed by atoms with E-state index < -0.39 is 6.01 Å². The normalized spacial score (nSPS) is 16.9. The van der Waals surface area contributed by atoms with Gasteiger partial charge in [0.25, 0.3) is 6.01 Å². The number of rotatable bonds is 1. The highest BCUT2D eigenvalue weighted by Crippen LogP contribution is 2.24. The monoisotopic (exact) mass is 220 g/mol. The summed E-state index contributed by atoms with van der Waals surface area (Å²) in [5, 5.41) is 4.13. The van der Waals surface area contributed by atoms with E-state index in [0.29, 0.717) is 5.58 Å². The molecule has 0 amide bonds. The van der Waals surface area contributed by atoms with E-state index in [0.717, 1.165) is 37.3 Å². The Kier molecular flexibility index (Phi) is 2.29. The van der Waals surface area contributed by atoms with Crippen molar-refractivity contribution >= 4 is 16.7 Å². The Hall–Kier alpha value is -1.55. The summed E-state index contributed by atoms with van der Waals surface area (Å²) in [5.74, 6) is 0. The molecule has 0 atom stereocenters. The molecule has 1 aliphatic rings. The molecule has 1 saturated heterocycles. The van der Waals surface area contributed by atoms with Crippen LogP contribution in [0.2, 0.25) is 0 Å². The number of benzene rings is 1. The molecule has 0 bridgehead atoms. The van der Waals surface area contributed by atoms with Crippen molar-refractivity contribution in [2.75, 3.05) is 31.1 Å². The Labute approximate surface area is 92.8 Å². The Morgan fingerprint density at radius 1 is 1.19 bits per heavy atom. The maximum atomic E-state index is 12.9. The zero-order valence-electron chi connectivity index (χ0n) is 8.87. The average Bonchev–Trinajstić information content (AvgIpc) is 2.69. The third-order valence-corrected chi connectivity index (χ3v) is 2.95. The summed E-state index contributed by atoms with van der Waals surface area (Å²) in [4.78, 5) is 2.29. The minimum atomic E-state index is -0.521. The lowest BCUT2D eigenvalue weighted by Crippen LogP contribution is -2.43. The molecule has 1 aliphatic heterocycles. The molecule has 2 aromatic rings. The van der Waals surface area contributed by atoms with Crippen LogP contribution in [-0.4, -0.2) is 26.2 Å². The first-order valence-electron chi connectivity index (χ1n) is 5.48. The Bertz CT molecular complexity index is 503. The zero-order chi connectivity index (χ0) is 11.0. The lowest BCUT2D eigenvalue weighted by atomic mass is 10.2. The number of hydrogen-bond acceptors (Lipinski definition) is 3. The van der Waals surface area contributed by atoms with Gasteiger partial charge in [-0.25, -0.2) is 0 Å². The van der Waals surface area contributed by atoms with Gasteiger partial charge >= 0.3 is 0 Å². The molecule has 16 heavy (non-hydrogen) atoms. The Morgan fingerprint density at radius 3 is 2.81 bits per heavy atom. The number of halogens is 1. The third-order valence-electron chi connectivity index (χ3n) is 2.95. The highest BCUT2D eigenvalue weighted by atomic mass is 19.1. The SMILES string of the molecule is Fc1cc2cc(N3CCNCC3)ccc2o1. The summed E-state index contributed by atoms with van der Waals surface area (Å²) in [5.41, 5.74) is 1.74. The van der Waals surface area contributed by atoms with Gasteiger partial charge in [-0.1, -0.05) is 0 Å². The van der Waals surface area contributed by atoms with Crippen molar-refractivity contribution < 1.29 is 8.81 Å². The molecule has 1 N–H and O–H groups in total. The van der Waals surface area contributed by atoms with Crippen LogP contribution in [0.15, 0.2) is 28.7 Å². The van der Waals surface area contributed by atoms with Crippen LogP contribution in [0, 0.1) is 6.01 Å². The molecule has 2 heterocycles. The van der Waals surface area contributed by atoms with E-state index in [1.165, 1.54) is 6.07 Å². The first-order valence-corrected chi connectivity index (χ1v) is 5.48. The molecule has 3 rings (SSSR count). The van der Waals surface area contributed by atoms with Crippen LogP contribution in [0.5, 0.6) is 0 Å². The maximum Gasteiger partial charge on any atom is 0.278 e. The summed E-state index contributed by atoms with van der Waals surface area (Å²) in [6, 6.07) is 6.70. The number of nitrogens with zero attached hydrogens (tertiary/aromatic N) is 1. The van der Waals surface area contributed by atoms with E-state index in [2.05, 4.69) is 10.2 Å². The van der Waals surface area contributed by atoms with Crippen molar-refractivity contribution in [1.82, 2.24) is 5.32 Å². The van der Waals surface area contributed by atoms with Crippen molar-refractivity contribution in [1.29, 1.82) is 0 Å². The summed E-state index contributed by atoms with van der Waals surface area (Å²) in [7, 11) is 0. The summed E-state index contributed by atoms with van der Waals surface area (Å²) in [6.07, 6.45) is 0. The van der Waals surface area contributed by atoms with Gasteiger partial charge in [-0.3, -0.25) is 0 Å². The fourth-order valence-electron chi connectivity index (χ4n) is 2.12. The molecular formula is C12H13FN2O. The van der Waals surface area contributed by atoms with E-state index in [1.54, 1.807) is 0 Å². The standard InChI is InChI=1S/C12H13FN2O/c13-12-8-9-7-10(1-2-11(9)16-12)15-5-3-14-4-6-15/h1-2,7-8,14H,3-6H2. The van der Waals surface area contributed by atoms with Crippen molar-refractivity contribution in [2.45, 2.75) is 0 Å². The second kappa shape index (κ2) is 3.79. The van der Waals surface area contributed by atoms with Crippen molar-refractivity contribution in [3.63, 3.8) is 0 Å². The van der Waals surface area contributed by atoms with Crippen LogP contribution in [0.25, 0.3) is 11.0 Å². The largest absolute Gasteiger partial charge is 0.431 e. The molecule has 4 heteroatoms. The van der Waals surface area contributed by atoms with Crippen LogP contribution in [0.3, 0.4) is 0 Å². The number of hydrogen-bond donors (Lipinski definition) is 1. The van der Waals surface area contributed by atoms with Crippen LogP contribution in [0.4, 0.5) is 10.1 Å². The summed E-state index contributed by atoms with van der Waals surface area (Å²) >= 11 is 0. The van der Waals surface area contributed by atoms with E-state index in [9.17, 15) is 4.39 Å². The van der Waals surface area contributed by atoms with Gasteiger partial charge in [0.2, 0.25) is 0 Å². The predicted molar refractivity (Wildman–Crippen MR) is 61.3 cm³/mol. The predicted octanol–water partition coefficient (Wildman–Crippen LogP) is 1.98. The van der Waals surface area contributed by atoms with Gasteiger partial charge in [-0.05, 0) is 18.2 Å². The van der Waals surface area contributed by atoms with Gasteiger partial charge in [0.05, 0.1) is 0 Å². The third kappa shape index (κ3) is 1.65. The lowest BCUT2D eigenvalue weighted by Gasteiger charge is -2.29. The highest BCUT2D eigenvalue weighted by molar-refractivity contribution is 5.81. The molecule has 1 aromatic carbocycles. The molecule has 0 saturated carbocycles. The minimum Gasteiger partial charge on any atom is -0.431 e. The fourth-order valence-corrected chi connectivity index (χ4v) is 2.12. The van der Waals surface area contributed by atoms with Crippen LogP contribution >= 0.6 is 0 Å². The topological polar surface area (TPSA) is 28.4 Å². The second-order valence-corrected chi connectivity index (χ2v) is 4.01. The van der Waals surface area contributed by atoms with Crippen molar-refractivity contribution in [3.05, 3.63) is 30.3 Å². The Morgan fingerprint density at radius 2 is 2.00 bits per heavy atom. The van der Waals surface area contributed by atoms with Crippen molar-refractivity contribution in [3.8, 4) is 0 Å². The van der Waals surface area contributed by atoms with Crippen LogP contribution in [-0.2, 0) is 0 Å². The van der Waals surface area contributed by atoms with E-state index >= 15 is 0 Å². The van der Waals surface area contributed by atoms with Crippen molar-refractivity contribution in [2.24, 2.45) is 0 Å². The molecule has 0 spiro atoms. The molecule has 1 aromatic heterocycles. The van der Waals surface area contributed by atoms with Crippen LogP contribution < -0.4 is 10.2 Å². The van der Waals surface area contributed by atoms with Gasteiger partial charge < -0.3 is 14.6 Å². The van der Waals surface area contributed by atoms with E-state index in [1.807, 2.05) is 18.2 Å². The van der Waals surface area contributed by atoms with Gasteiger partial charge in [0, 0.05) is 43.3 Å². The van der Waals surface area contributed by atoms with Gasteiger partial charge in [-0.2, -0.15) is 4.39 Å². The lowest BCUT2D eigenvalue weighted by molar-refractivity contribution is 0.381. The molecule has 3 nitrogen and oxygen atoms in total. The molecule has 0 radical (unpaired) electrons. The number of anilines is 1. The second-order valence-electron chi connectivity index (χ2n) is 4.01. The molecule has 1 fully saturated rings. The quantitative estimate of drug-likeness (QED) is 0.796. The van der Waals surface area contributed by atoms with Crippen LogP contribution in [0.1, 0.15) is 0 Å². The van der Waals surface area contributed by atoms with Gasteiger partial charge in [0.15, 0.2) is 0 Å². The fraction of sp³-hybridized carbons (Fsp3) is 0.333. The molecule has 84 valence electrons. The number of nitrogens with one attached hydrogen (secondary N) is 1. The smallest absolute Gasteiger partial charge is 0.278 e. The Balaban J connectivity index is 1.97. The first-order chi connectivity index (χ1) is 7.83. The van der Waals surface area contributed by atoms with Gasteiger partial charge in [-0.15, -0.1) is 0 Å². The number of furan rings is 1. The van der Waals surface area contributed by atoms with E-state index in [-0.39, 0.29) is 0 Å². The van der Waals surface area contributed by atoms with Gasteiger partial charge in [0.1, 0.15) is 5.58 Å². The first kappa shape index (κ1) is 9.66. The van der Waals surface area contributed by atoms with E-state index in [4.69, 9.17) is 4.42 Å². The zero-order valence-corrected chi connectivity index (χ0v) is 8.87. The number of piperazine rings is 1. The number of fused-ring (bicyclic) bond motifs is 1. The summed E-state index contributed by atoms with van der Waals surface area (Å²) < 4.78 is 17.8. The molecular weight excluding hydrogens is 207 g/mol. The molecule has 0 unspecified atom stereocenters. The highest BCUT2D eigenvalue weighted by Gasteiger charge is 2.11. The summed E-state index contributed by atoms with van der Waals surface area (Å²) in [6.45, 7) is 3.98.